The Morgan fingerprint density at radius 2 is 1.32 bits per heavy atom. The molecule has 0 amide bonds. The highest BCUT2D eigenvalue weighted by molar-refractivity contribution is 5.98. The van der Waals surface area contributed by atoms with Crippen LogP contribution in [0.3, 0.4) is 0 Å². The molecule has 1 N–H and O–H groups in total. The molecule has 3 rings (SSSR count). The molecule has 1 atom stereocenters. The van der Waals surface area contributed by atoms with Gasteiger partial charge in [-0.2, -0.15) is 0 Å². The summed E-state index contributed by atoms with van der Waals surface area (Å²) in [5.41, 5.74) is 5.05. The minimum absolute atomic E-state index is 0.131. The summed E-state index contributed by atoms with van der Waals surface area (Å²) in [6, 6.07) is 26.3. The Bertz CT molecular complexity index is 1240. The molecule has 0 fully saturated rings. The fraction of sp³-hybridized carbons (Fsp3) is 0.400. The number of ether oxygens (including phenoxy) is 3. The van der Waals surface area contributed by atoms with Gasteiger partial charge in [-0.1, -0.05) is 75.4 Å². The molecule has 0 saturated carbocycles. The Morgan fingerprint density at radius 1 is 0.780 bits per heavy atom. The summed E-state index contributed by atoms with van der Waals surface area (Å²) >= 11 is 0. The summed E-state index contributed by atoms with van der Waals surface area (Å²) in [5, 5.41) is 10.4. The molecule has 0 bridgehead atoms. The number of carbonyl (C=O) groups is 1. The summed E-state index contributed by atoms with van der Waals surface area (Å²) in [5.74, 6) is 1.04. The first kappa shape index (κ1) is 31.9. The molecule has 0 aliphatic rings. The molecule has 6 heteroatoms. The van der Waals surface area contributed by atoms with Crippen molar-refractivity contribution in [3.8, 4) is 11.5 Å². The second-order valence-corrected chi connectivity index (χ2v) is 11.0. The van der Waals surface area contributed by atoms with E-state index in [2.05, 4.69) is 62.1 Å². The van der Waals surface area contributed by atoms with Crippen molar-refractivity contribution in [3.63, 3.8) is 0 Å². The van der Waals surface area contributed by atoms with Crippen molar-refractivity contribution in [2.75, 3.05) is 33.0 Å². The lowest BCUT2D eigenvalue weighted by Gasteiger charge is -2.22. The van der Waals surface area contributed by atoms with Crippen LogP contribution in [0.15, 0.2) is 78.9 Å². The van der Waals surface area contributed by atoms with Crippen LogP contribution in [0.5, 0.6) is 11.5 Å². The molecule has 0 aromatic heterocycles. The van der Waals surface area contributed by atoms with Gasteiger partial charge in [-0.3, -0.25) is 4.79 Å². The number of hydrogen-bond acceptors (Lipinski definition) is 6. The van der Waals surface area contributed by atoms with Gasteiger partial charge in [0, 0.05) is 6.54 Å². The van der Waals surface area contributed by atoms with Crippen molar-refractivity contribution in [1.29, 1.82) is 0 Å². The standard InChI is InChI=1S/C35H45NO5/c1-7-32(26-13-11-10-12-14-26)33(28-17-21-31(22-18-28)40-25-41-34(38)35(4,5)6)27-15-19-30(20-16-27)39-24-29(37)23-36(8-2)9-3/h10-22,29,37H,7-9,23-25H2,1-6H3/b33-32+. The number of aliphatic hydroxyl groups excluding tert-OH is 1. The van der Waals surface area contributed by atoms with Gasteiger partial charge in [-0.05, 0) is 92.4 Å². The maximum absolute atomic E-state index is 12.0. The smallest absolute Gasteiger partial charge is 0.314 e. The number of allylic oxidation sites excluding steroid dienone is 1. The molecular formula is C35H45NO5. The molecule has 3 aromatic rings. The fourth-order valence-corrected chi connectivity index (χ4v) is 4.51. The third-order valence-corrected chi connectivity index (χ3v) is 6.90. The minimum Gasteiger partial charge on any atom is -0.491 e. The Balaban J connectivity index is 1.83. The number of rotatable bonds is 14. The van der Waals surface area contributed by atoms with E-state index in [1.54, 1.807) is 0 Å². The van der Waals surface area contributed by atoms with Crippen LogP contribution in [0, 0.1) is 5.41 Å². The van der Waals surface area contributed by atoms with Gasteiger partial charge in [0.15, 0.2) is 0 Å². The number of aliphatic hydroxyl groups is 1. The number of hydrogen-bond donors (Lipinski definition) is 1. The predicted molar refractivity (Wildman–Crippen MR) is 166 cm³/mol. The number of carbonyl (C=O) groups excluding carboxylic acids is 1. The normalized spacial score (nSPS) is 13.0. The monoisotopic (exact) mass is 559 g/mol. The molecule has 220 valence electrons. The zero-order valence-corrected chi connectivity index (χ0v) is 25.4. The summed E-state index contributed by atoms with van der Waals surface area (Å²) in [7, 11) is 0. The van der Waals surface area contributed by atoms with Gasteiger partial charge in [-0.15, -0.1) is 0 Å². The highest BCUT2D eigenvalue weighted by Crippen LogP contribution is 2.35. The molecule has 1 unspecified atom stereocenters. The third kappa shape index (κ3) is 9.48. The highest BCUT2D eigenvalue weighted by Gasteiger charge is 2.23. The number of likely N-dealkylation sites (N-methyl/N-ethyl adjacent to an activating group) is 1. The third-order valence-electron chi connectivity index (χ3n) is 6.90. The Morgan fingerprint density at radius 3 is 1.80 bits per heavy atom. The lowest BCUT2D eigenvalue weighted by atomic mass is 9.88. The summed E-state index contributed by atoms with van der Waals surface area (Å²) in [6.45, 7) is 14.3. The number of benzene rings is 3. The molecular weight excluding hydrogens is 514 g/mol. The Hall–Kier alpha value is -3.61. The number of nitrogens with zero attached hydrogens (tertiary/aromatic N) is 1. The van der Waals surface area contributed by atoms with Gasteiger partial charge in [0.05, 0.1) is 5.41 Å². The van der Waals surface area contributed by atoms with Gasteiger partial charge >= 0.3 is 5.97 Å². The topological polar surface area (TPSA) is 68.2 Å². The highest BCUT2D eigenvalue weighted by atomic mass is 16.7. The second-order valence-electron chi connectivity index (χ2n) is 11.0. The van der Waals surface area contributed by atoms with Crippen molar-refractivity contribution in [3.05, 3.63) is 95.6 Å². The van der Waals surface area contributed by atoms with E-state index in [0.29, 0.717) is 12.3 Å². The molecule has 0 radical (unpaired) electrons. The van der Waals surface area contributed by atoms with Crippen LogP contribution < -0.4 is 9.47 Å². The molecule has 0 heterocycles. The molecule has 0 saturated heterocycles. The van der Waals surface area contributed by atoms with E-state index in [1.807, 2.05) is 63.2 Å². The zero-order chi connectivity index (χ0) is 29.8. The quantitative estimate of drug-likeness (QED) is 0.130. The van der Waals surface area contributed by atoms with Crippen LogP contribution in [0.1, 0.15) is 64.7 Å². The maximum atomic E-state index is 12.0. The molecule has 41 heavy (non-hydrogen) atoms. The van der Waals surface area contributed by atoms with E-state index in [0.717, 1.165) is 42.0 Å². The van der Waals surface area contributed by atoms with Crippen LogP contribution in [0.25, 0.3) is 11.1 Å². The van der Waals surface area contributed by atoms with Crippen LogP contribution >= 0.6 is 0 Å². The fourth-order valence-electron chi connectivity index (χ4n) is 4.51. The first-order valence-corrected chi connectivity index (χ1v) is 14.5. The SMILES string of the molecule is CC/C(=C(\c1ccc(OCOC(=O)C(C)(C)C)cc1)c1ccc(OCC(O)CN(CC)CC)cc1)c1ccccc1. The van der Waals surface area contributed by atoms with Crippen molar-refractivity contribution >= 4 is 17.1 Å². The lowest BCUT2D eigenvalue weighted by molar-refractivity contribution is -0.159. The van der Waals surface area contributed by atoms with Crippen LogP contribution in [-0.2, 0) is 9.53 Å². The van der Waals surface area contributed by atoms with Crippen molar-refractivity contribution in [2.45, 2.75) is 54.1 Å². The maximum Gasteiger partial charge on any atom is 0.314 e. The van der Waals surface area contributed by atoms with Crippen molar-refractivity contribution < 1.29 is 24.1 Å². The zero-order valence-electron chi connectivity index (χ0n) is 25.4. The Labute approximate surface area is 245 Å². The first-order valence-electron chi connectivity index (χ1n) is 14.5. The molecule has 0 spiro atoms. The van der Waals surface area contributed by atoms with E-state index in [-0.39, 0.29) is 19.4 Å². The Kier molecular flexibility index (Phi) is 12.0. The number of esters is 1. The summed E-state index contributed by atoms with van der Waals surface area (Å²) < 4.78 is 16.8. The molecule has 0 aliphatic carbocycles. The van der Waals surface area contributed by atoms with Crippen LogP contribution in [-0.4, -0.2) is 55.1 Å². The van der Waals surface area contributed by atoms with Gasteiger partial charge in [-0.25, -0.2) is 0 Å². The van der Waals surface area contributed by atoms with Gasteiger partial charge in [0.2, 0.25) is 6.79 Å². The van der Waals surface area contributed by atoms with E-state index in [9.17, 15) is 9.90 Å². The lowest BCUT2D eigenvalue weighted by Crippen LogP contribution is -2.35. The van der Waals surface area contributed by atoms with Crippen molar-refractivity contribution in [2.24, 2.45) is 5.41 Å². The van der Waals surface area contributed by atoms with Crippen LogP contribution in [0.2, 0.25) is 0 Å². The van der Waals surface area contributed by atoms with Crippen LogP contribution in [0.4, 0.5) is 0 Å². The van der Waals surface area contributed by atoms with Crippen molar-refractivity contribution in [1.82, 2.24) is 4.90 Å². The first-order chi connectivity index (χ1) is 19.7. The second kappa shape index (κ2) is 15.4. The largest absolute Gasteiger partial charge is 0.491 e. The molecule has 0 aliphatic heterocycles. The van der Waals surface area contributed by atoms with Gasteiger partial charge < -0.3 is 24.2 Å². The van der Waals surface area contributed by atoms with Gasteiger partial charge in [0.25, 0.3) is 0 Å². The van der Waals surface area contributed by atoms with E-state index < -0.39 is 11.5 Å². The minimum atomic E-state index is -0.577. The molecule has 6 nitrogen and oxygen atoms in total. The van der Waals surface area contributed by atoms with E-state index in [1.165, 1.54) is 11.1 Å². The van der Waals surface area contributed by atoms with Gasteiger partial charge in [0.1, 0.15) is 24.2 Å². The summed E-state index contributed by atoms with van der Waals surface area (Å²) in [6.07, 6.45) is 0.295. The molecule has 3 aromatic carbocycles. The van der Waals surface area contributed by atoms with E-state index >= 15 is 0 Å². The average molecular weight is 560 g/mol. The van der Waals surface area contributed by atoms with E-state index in [4.69, 9.17) is 14.2 Å². The predicted octanol–water partition coefficient (Wildman–Crippen LogP) is 7.06. The summed E-state index contributed by atoms with van der Waals surface area (Å²) in [4.78, 5) is 14.2. The average Bonchev–Trinajstić information content (AvgIpc) is 2.98.